The van der Waals surface area contributed by atoms with Crippen LogP contribution in [0, 0.1) is 10.1 Å². The molecular formula is C17H23N5O4. The van der Waals surface area contributed by atoms with E-state index in [0.29, 0.717) is 23.5 Å². The maximum Gasteiger partial charge on any atom is 0.407 e. The van der Waals surface area contributed by atoms with Crippen LogP contribution in [0.5, 0.6) is 0 Å². The number of H-pyrrole nitrogens is 1. The first-order valence-corrected chi connectivity index (χ1v) is 8.60. The van der Waals surface area contributed by atoms with Gasteiger partial charge in [0.05, 0.1) is 16.0 Å². The van der Waals surface area contributed by atoms with Crippen LogP contribution >= 0.6 is 0 Å². The number of non-ortho nitro benzene ring substituents is 1. The Morgan fingerprint density at radius 3 is 2.96 bits per heavy atom. The predicted molar refractivity (Wildman–Crippen MR) is 97.4 cm³/mol. The van der Waals surface area contributed by atoms with Gasteiger partial charge in [0.1, 0.15) is 5.60 Å². The second-order valence-corrected chi connectivity index (χ2v) is 7.39. The van der Waals surface area contributed by atoms with E-state index in [1.54, 1.807) is 6.07 Å². The molecule has 1 aromatic carbocycles. The average Bonchev–Trinajstić information content (AvgIpc) is 3.16. The summed E-state index contributed by atoms with van der Waals surface area (Å²) in [5, 5.41) is 13.7. The van der Waals surface area contributed by atoms with Crippen LogP contribution in [-0.4, -0.2) is 45.7 Å². The Bertz CT molecular complexity index is 826. The summed E-state index contributed by atoms with van der Waals surface area (Å²) in [6.45, 7) is 6.72. The number of benzene rings is 1. The Morgan fingerprint density at radius 2 is 2.27 bits per heavy atom. The highest BCUT2D eigenvalue weighted by Gasteiger charge is 2.28. The standard InChI is InChI=1S/C17H23N5O4/c1-17(2,3)26-16(23)18-10-12-5-4-8-21(12)15-19-13-7-6-11(22(24)25)9-14(13)20-15/h6-7,9,12H,4-5,8,10H2,1-3H3,(H,18,23)(H,19,20)/t12-/m0/s1. The van der Waals surface area contributed by atoms with Crippen LogP contribution in [0.2, 0.25) is 0 Å². The normalized spacial score (nSPS) is 17.5. The van der Waals surface area contributed by atoms with Gasteiger partial charge in [0.15, 0.2) is 0 Å². The molecule has 2 aromatic rings. The third-order valence-corrected chi connectivity index (χ3v) is 4.19. The Kier molecular flexibility index (Phi) is 4.71. The molecule has 0 bridgehead atoms. The second kappa shape index (κ2) is 6.81. The first-order valence-electron chi connectivity index (χ1n) is 8.60. The Morgan fingerprint density at radius 1 is 1.50 bits per heavy atom. The number of alkyl carbamates (subject to hydrolysis) is 1. The molecule has 0 radical (unpaired) electrons. The summed E-state index contributed by atoms with van der Waals surface area (Å²) in [5.74, 6) is 0.661. The molecular weight excluding hydrogens is 338 g/mol. The molecule has 0 unspecified atom stereocenters. The summed E-state index contributed by atoms with van der Waals surface area (Å²) >= 11 is 0. The lowest BCUT2D eigenvalue weighted by molar-refractivity contribution is -0.384. The molecule has 1 aliphatic rings. The zero-order chi connectivity index (χ0) is 18.9. The largest absolute Gasteiger partial charge is 0.444 e. The summed E-state index contributed by atoms with van der Waals surface area (Å²) in [6.07, 6.45) is 1.47. The number of fused-ring (bicyclic) bond motifs is 1. The molecule has 140 valence electrons. The number of nitrogens with one attached hydrogen (secondary N) is 2. The molecule has 1 fully saturated rings. The van der Waals surface area contributed by atoms with Crippen molar-refractivity contribution in [1.82, 2.24) is 15.3 Å². The Hall–Kier alpha value is -2.84. The zero-order valence-corrected chi connectivity index (χ0v) is 15.1. The monoisotopic (exact) mass is 361 g/mol. The van der Waals surface area contributed by atoms with Gasteiger partial charge in [-0.05, 0) is 39.7 Å². The quantitative estimate of drug-likeness (QED) is 0.639. The minimum absolute atomic E-state index is 0.0252. The maximum atomic E-state index is 11.9. The molecule has 2 N–H and O–H groups in total. The number of imidazole rings is 1. The highest BCUT2D eigenvalue weighted by atomic mass is 16.6. The van der Waals surface area contributed by atoms with Crippen molar-refractivity contribution in [2.45, 2.75) is 45.3 Å². The van der Waals surface area contributed by atoms with Gasteiger partial charge in [0.25, 0.3) is 5.69 Å². The molecule has 1 amide bonds. The van der Waals surface area contributed by atoms with E-state index in [2.05, 4.69) is 20.2 Å². The second-order valence-electron chi connectivity index (χ2n) is 7.39. The highest BCUT2D eigenvalue weighted by molar-refractivity contribution is 5.80. The first kappa shape index (κ1) is 18.0. The fourth-order valence-electron chi connectivity index (χ4n) is 3.08. The third-order valence-electron chi connectivity index (χ3n) is 4.19. The number of ether oxygens (including phenoxy) is 1. The number of rotatable bonds is 4. The minimum atomic E-state index is -0.535. The van der Waals surface area contributed by atoms with Gasteiger partial charge in [-0.15, -0.1) is 0 Å². The van der Waals surface area contributed by atoms with E-state index in [1.165, 1.54) is 12.1 Å². The summed E-state index contributed by atoms with van der Waals surface area (Å²) in [7, 11) is 0. The van der Waals surface area contributed by atoms with E-state index >= 15 is 0 Å². The number of aromatic amines is 1. The van der Waals surface area contributed by atoms with Crippen molar-refractivity contribution in [3.63, 3.8) is 0 Å². The molecule has 1 saturated heterocycles. The fourth-order valence-corrected chi connectivity index (χ4v) is 3.08. The topological polar surface area (TPSA) is 113 Å². The highest BCUT2D eigenvalue weighted by Crippen LogP contribution is 2.27. The van der Waals surface area contributed by atoms with Gasteiger partial charge in [-0.2, -0.15) is 0 Å². The molecule has 1 aromatic heterocycles. The van der Waals surface area contributed by atoms with Crippen molar-refractivity contribution in [1.29, 1.82) is 0 Å². The van der Waals surface area contributed by atoms with Crippen LogP contribution in [0.4, 0.5) is 16.4 Å². The summed E-state index contributed by atoms with van der Waals surface area (Å²) in [6, 6.07) is 4.66. The fraction of sp³-hybridized carbons (Fsp3) is 0.529. The number of carbonyl (C=O) groups is 1. The van der Waals surface area contributed by atoms with Crippen LogP contribution in [0.1, 0.15) is 33.6 Å². The van der Waals surface area contributed by atoms with Crippen molar-refractivity contribution in [2.24, 2.45) is 0 Å². The zero-order valence-electron chi connectivity index (χ0n) is 15.1. The minimum Gasteiger partial charge on any atom is -0.444 e. The molecule has 9 heteroatoms. The first-order chi connectivity index (χ1) is 12.2. The lowest BCUT2D eigenvalue weighted by atomic mass is 10.2. The van der Waals surface area contributed by atoms with E-state index in [-0.39, 0.29) is 11.7 Å². The van der Waals surface area contributed by atoms with Crippen molar-refractivity contribution in [2.75, 3.05) is 18.0 Å². The number of carbonyl (C=O) groups excluding carboxylic acids is 1. The lowest BCUT2D eigenvalue weighted by Crippen LogP contribution is -2.42. The van der Waals surface area contributed by atoms with Gasteiger partial charge in [0.2, 0.25) is 5.95 Å². The number of nitro benzene ring substituents is 1. The SMILES string of the molecule is CC(C)(C)OC(=O)NC[C@@H]1CCCN1c1nc2ccc([N+](=O)[O-])cc2[nH]1. The molecule has 1 atom stereocenters. The number of nitrogens with zero attached hydrogens (tertiary/aromatic N) is 3. The number of aromatic nitrogens is 2. The van der Waals surface area contributed by atoms with E-state index in [1.807, 2.05) is 20.8 Å². The molecule has 9 nitrogen and oxygen atoms in total. The molecule has 1 aliphatic heterocycles. The molecule has 2 heterocycles. The van der Waals surface area contributed by atoms with Gasteiger partial charge in [-0.1, -0.05) is 0 Å². The molecule has 3 rings (SSSR count). The molecule has 0 spiro atoms. The summed E-state index contributed by atoms with van der Waals surface area (Å²) in [5.41, 5.74) is 0.793. The average molecular weight is 361 g/mol. The lowest BCUT2D eigenvalue weighted by Gasteiger charge is -2.25. The van der Waals surface area contributed by atoms with Gasteiger partial charge in [-0.25, -0.2) is 9.78 Å². The van der Waals surface area contributed by atoms with Gasteiger partial charge >= 0.3 is 6.09 Å². The summed E-state index contributed by atoms with van der Waals surface area (Å²) in [4.78, 5) is 32.1. The van der Waals surface area contributed by atoms with E-state index in [9.17, 15) is 14.9 Å². The van der Waals surface area contributed by atoms with E-state index in [4.69, 9.17) is 4.74 Å². The van der Waals surface area contributed by atoms with Crippen LogP contribution < -0.4 is 10.2 Å². The summed E-state index contributed by atoms with van der Waals surface area (Å²) < 4.78 is 5.27. The molecule has 0 saturated carbocycles. The number of amides is 1. The number of hydrogen-bond acceptors (Lipinski definition) is 6. The van der Waals surface area contributed by atoms with Gasteiger partial charge in [0, 0.05) is 31.3 Å². The third kappa shape index (κ3) is 4.04. The smallest absolute Gasteiger partial charge is 0.407 e. The van der Waals surface area contributed by atoms with Gasteiger partial charge in [-0.3, -0.25) is 10.1 Å². The van der Waals surface area contributed by atoms with Crippen LogP contribution in [0.25, 0.3) is 11.0 Å². The van der Waals surface area contributed by atoms with Crippen molar-refractivity contribution in [3.8, 4) is 0 Å². The number of hydrogen-bond donors (Lipinski definition) is 2. The van der Waals surface area contributed by atoms with Gasteiger partial charge < -0.3 is 19.9 Å². The maximum absolute atomic E-state index is 11.9. The number of anilines is 1. The Balaban J connectivity index is 1.70. The van der Waals surface area contributed by atoms with Crippen molar-refractivity contribution in [3.05, 3.63) is 28.3 Å². The van der Waals surface area contributed by atoms with Crippen LogP contribution in [0.3, 0.4) is 0 Å². The van der Waals surface area contributed by atoms with Crippen molar-refractivity contribution < 1.29 is 14.5 Å². The Labute approximate surface area is 150 Å². The molecule has 26 heavy (non-hydrogen) atoms. The van der Waals surface area contributed by atoms with E-state index < -0.39 is 16.6 Å². The van der Waals surface area contributed by atoms with E-state index in [0.717, 1.165) is 19.4 Å². The number of nitro groups is 1. The molecule has 0 aliphatic carbocycles. The van der Waals surface area contributed by atoms with Crippen molar-refractivity contribution >= 4 is 28.8 Å². The van der Waals surface area contributed by atoms with Crippen LogP contribution in [-0.2, 0) is 4.74 Å². The van der Waals surface area contributed by atoms with Crippen LogP contribution in [0.15, 0.2) is 18.2 Å². The predicted octanol–water partition coefficient (Wildman–Crippen LogP) is 2.96.